The Kier molecular flexibility index (Phi) is 5.23. The van der Waals surface area contributed by atoms with Crippen LogP contribution in [-0.4, -0.2) is 29.8 Å². The molecule has 0 saturated heterocycles. The summed E-state index contributed by atoms with van der Waals surface area (Å²) in [5.41, 5.74) is 0.00814. The van der Waals surface area contributed by atoms with Crippen molar-refractivity contribution in [2.45, 2.75) is 51.0 Å². The minimum Gasteiger partial charge on any atom is -0.491 e. The summed E-state index contributed by atoms with van der Waals surface area (Å²) in [7, 11) is 0. The van der Waals surface area contributed by atoms with Crippen molar-refractivity contribution < 1.29 is 14.6 Å². The molecule has 0 aromatic heterocycles. The Morgan fingerprint density at radius 2 is 2.00 bits per heavy atom. The monoisotopic (exact) mass is 291 g/mol. The predicted molar refractivity (Wildman–Crippen MR) is 82.5 cm³/mol. The number of hydrogen-bond acceptors (Lipinski definition) is 3. The van der Waals surface area contributed by atoms with Gasteiger partial charge >= 0.3 is 0 Å². The molecule has 1 aliphatic carbocycles. The lowest BCUT2D eigenvalue weighted by atomic mass is 10.0. The van der Waals surface area contributed by atoms with Crippen LogP contribution >= 0.6 is 0 Å². The standard InChI is InChI=1S/C17H25NO3/c1-13(2)14-7-3-4-8-15(14)21-12-11-18-16(19)17(20)9-5-6-10-17/h3-4,7-8,13,20H,5-6,9-12H2,1-2H3,(H,18,19). The molecule has 0 unspecified atom stereocenters. The highest BCUT2D eigenvalue weighted by Gasteiger charge is 2.38. The van der Waals surface area contributed by atoms with Crippen molar-refractivity contribution in [2.75, 3.05) is 13.2 Å². The molecule has 4 heteroatoms. The first-order valence-electron chi connectivity index (χ1n) is 7.75. The number of benzene rings is 1. The van der Waals surface area contributed by atoms with Crippen molar-refractivity contribution in [3.05, 3.63) is 29.8 Å². The zero-order valence-corrected chi connectivity index (χ0v) is 12.9. The molecule has 0 aliphatic heterocycles. The highest BCUT2D eigenvalue weighted by Crippen LogP contribution is 2.29. The van der Waals surface area contributed by atoms with Gasteiger partial charge < -0.3 is 15.2 Å². The normalized spacial score (nSPS) is 17.0. The maximum absolute atomic E-state index is 11.9. The van der Waals surface area contributed by atoms with Gasteiger partial charge in [0.15, 0.2) is 0 Å². The average Bonchev–Trinajstić information content (AvgIpc) is 2.92. The molecule has 0 bridgehead atoms. The van der Waals surface area contributed by atoms with Crippen LogP contribution in [-0.2, 0) is 4.79 Å². The van der Waals surface area contributed by atoms with E-state index in [4.69, 9.17) is 4.74 Å². The molecule has 0 radical (unpaired) electrons. The van der Waals surface area contributed by atoms with Crippen LogP contribution in [0.4, 0.5) is 0 Å². The van der Waals surface area contributed by atoms with E-state index in [1.54, 1.807) is 0 Å². The van der Waals surface area contributed by atoms with E-state index in [0.717, 1.165) is 18.6 Å². The highest BCUT2D eigenvalue weighted by molar-refractivity contribution is 5.85. The summed E-state index contributed by atoms with van der Waals surface area (Å²) in [6, 6.07) is 7.95. The Hall–Kier alpha value is -1.55. The molecule has 2 N–H and O–H groups in total. The van der Waals surface area contributed by atoms with E-state index < -0.39 is 5.60 Å². The maximum atomic E-state index is 11.9. The molecule has 1 aliphatic rings. The molecule has 4 nitrogen and oxygen atoms in total. The van der Waals surface area contributed by atoms with Crippen LogP contribution in [0, 0.1) is 0 Å². The number of para-hydroxylation sites is 1. The number of hydrogen-bond donors (Lipinski definition) is 2. The van der Waals surface area contributed by atoms with Gasteiger partial charge in [0.1, 0.15) is 18.0 Å². The Morgan fingerprint density at radius 1 is 1.33 bits per heavy atom. The number of carbonyl (C=O) groups excluding carboxylic acids is 1. The van der Waals surface area contributed by atoms with Gasteiger partial charge in [-0.15, -0.1) is 0 Å². The lowest BCUT2D eigenvalue weighted by molar-refractivity contribution is -0.139. The predicted octanol–water partition coefficient (Wildman–Crippen LogP) is 2.61. The molecule has 2 rings (SSSR count). The smallest absolute Gasteiger partial charge is 0.252 e. The highest BCUT2D eigenvalue weighted by atomic mass is 16.5. The molecule has 1 aromatic carbocycles. The van der Waals surface area contributed by atoms with Gasteiger partial charge in [-0.05, 0) is 43.2 Å². The summed E-state index contributed by atoms with van der Waals surface area (Å²) < 4.78 is 5.75. The van der Waals surface area contributed by atoms with Crippen LogP contribution in [0.5, 0.6) is 5.75 Å². The molecular weight excluding hydrogens is 266 g/mol. The summed E-state index contributed by atoms with van der Waals surface area (Å²) in [4.78, 5) is 11.9. The number of aliphatic hydroxyl groups is 1. The second-order valence-electron chi connectivity index (χ2n) is 6.04. The number of ether oxygens (including phenoxy) is 1. The third-order valence-corrected chi connectivity index (χ3v) is 4.04. The maximum Gasteiger partial charge on any atom is 0.252 e. The second kappa shape index (κ2) is 6.94. The first-order valence-corrected chi connectivity index (χ1v) is 7.75. The number of rotatable bonds is 6. The fraction of sp³-hybridized carbons (Fsp3) is 0.588. The SMILES string of the molecule is CC(C)c1ccccc1OCCNC(=O)C1(O)CCCC1. The minimum atomic E-state index is -1.16. The first kappa shape index (κ1) is 15.8. The Balaban J connectivity index is 1.79. The van der Waals surface area contributed by atoms with Crippen LogP contribution < -0.4 is 10.1 Å². The summed E-state index contributed by atoms with van der Waals surface area (Å²) >= 11 is 0. The third-order valence-electron chi connectivity index (χ3n) is 4.04. The summed E-state index contributed by atoms with van der Waals surface area (Å²) in [5.74, 6) is 0.997. The van der Waals surface area contributed by atoms with Gasteiger partial charge in [-0.2, -0.15) is 0 Å². The average molecular weight is 291 g/mol. The first-order chi connectivity index (χ1) is 10.0. The summed E-state index contributed by atoms with van der Waals surface area (Å²) in [5, 5.41) is 12.9. The van der Waals surface area contributed by atoms with Crippen molar-refractivity contribution in [2.24, 2.45) is 0 Å². The van der Waals surface area contributed by atoms with Crippen molar-refractivity contribution in [3.8, 4) is 5.75 Å². The largest absolute Gasteiger partial charge is 0.491 e. The van der Waals surface area contributed by atoms with Gasteiger partial charge in [-0.1, -0.05) is 32.0 Å². The van der Waals surface area contributed by atoms with E-state index >= 15 is 0 Å². The second-order valence-corrected chi connectivity index (χ2v) is 6.04. The Bertz CT molecular complexity index is 479. The van der Waals surface area contributed by atoms with Crippen LogP contribution in [0.2, 0.25) is 0 Å². The molecule has 0 atom stereocenters. The van der Waals surface area contributed by atoms with E-state index in [1.165, 1.54) is 5.56 Å². The van der Waals surface area contributed by atoms with Crippen molar-refractivity contribution in [3.63, 3.8) is 0 Å². The van der Waals surface area contributed by atoms with E-state index in [-0.39, 0.29) is 5.91 Å². The molecule has 1 saturated carbocycles. The molecule has 116 valence electrons. The molecule has 1 aromatic rings. The number of amides is 1. The zero-order valence-electron chi connectivity index (χ0n) is 12.9. The van der Waals surface area contributed by atoms with Gasteiger partial charge in [-0.25, -0.2) is 0 Å². The van der Waals surface area contributed by atoms with Crippen LogP contribution in [0.1, 0.15) is 51.0 Å². The molecule has 0 spiro atoms. The fourth-order valence-corrected chi connectivity index (χ4v) is 2.77. The van der Waals surface area contributed by atoms with Gasteiger partial charge in [0.25, 0.3) is 5.91 Å². The Labute approximate surface area is 126 Å². The zero-order chi connectivity index (χ0) is 15.3. The van der Waals surface area contributed by atoms with Crippen molar-refractivity contribution in [1.29, 1.82) is 0 Å². The molecule has 1 fully saturated rings. The summed E-state index contributed by atoms with van der Waals surface area (Å²) in [6.07, 6.45) is 2.97. The molecule has 1 amide bonds. The van der Waals surface area contributed by atoms with Crippen LogP contribution in [0.3, 0.4) is 0 Å². The van der Waals surface area contributed by atoms with Gasteiger partial charge in [0.05, 0.1) is 6.54 Å². The number of nitrogens with one attached hydrogen (secondary N) is 1. The summed E-state index contributed by atoms with van der Waals surface area (Å²) in [6.45, 7) is 5.07. The van der Waals surface area contributed by atoms with E-state index in [9.17, 15) is 9.90 Å². The fourth-order valence-electron chi connectivity index (χ4n) is 2.77. The minimum absolute atomic E-state index is 0.263. The molecule has 21 heavy (non-hydrogen) atoms. The van der Waals surface area contributed by atoms with Crippen molar-refractivity contribution in [1.82, 2.24) is 5.32 Å². The number of carbonyl (C=O) groups is 1. The molecular formula is C17H25NO3. The topological polar surface area (TPSA) is 58.6 Å². The quantitative estimate of drug-likeness (QED) is 0.792. The van der Waals surface area contributed by atoms with Gasteiger partial charge in [0.2, 0.25) is 0 Å². The Morgan fingerprint density at radius 3 is 2.67 bits per heavy atom. The van der Waals surface area contributed by atoms with E-state index in [0.29, 0.717) is 31.9 Å². The van der Waals surface area contributed by atoms with Crippen LogP contribution in [0.15, 0.2) is 24.3 Å². The lowest BCUT2D eigenvalue weighted by Gasteiger charge is -2.21. The van der Waals surface area contributed by atoms with Gasteiger partial charge in [0, 0.05) is 0 Å². The van der Waals surface area contributed by atoms with E-state index in [2.05, 4.69) is 25.2 Å². The third kappa shape index (κ3) is 3.97. The van der Waals surface area contributed by atoms with Gasteiger partial charge in [-0.3, -0.25) is 4.79 Å². The van der Waals surface area contributed by atoms with Crippen LogP contribution in [0.25, 0.3) is 0 Å². The van der Waals surface area contributed by atoms with E-state index in [1.807, 2.05) is 18.2 Å². The lowest BCUT2D eigenvalue weighted by Crippen LogP contribution is -2.45. The van der Waals surface area contributed by atoms with Crippen molar-refractivity contribution >= 4 is 5.91 Å². The molecule has 0 heterocycles.